The molecule has 1 aromatic carbocycles. The van der Waals surface area contributed by atoms with E-state index < -0.39 is 47.0 Å². The number of aryl methyl sites for hydroxylation is 1. The van der Waals surface area contributed by atoms with Gasteiger partial charge in [0, 0.05) is 13.0 Å². The predicted molar refractivity (Wildman–Crippen MR) is 109 cm³/mol. The number of hydrogen-bond donors (Lipinski definition) is 2. The van der Waals surface area contributed by atoms with Crippen molar-refractivity contribution >= 4 is 34.9 Å². The van der Waals surface area contributed by atoms with Crippen LogP contribution in [0.1, 0.15) is 24.4 Å². The molecule has 168 valence electrons. The number of anilines is 1. The number of amides is 4. The third-order valence-electron chi connectivity index (χ3n) is 6.22. The summed E-state index contributed by atoms with van der Waals surface area (Å²) in [7, 11) is 0. The van der Waals surface area contributed by atoms with E-state index in [0.29, 0.717) is 5.01 Å². The molecule has 3 aliphatic rings. The summed E-state index contributed by atoms with van der Waals surface area (Å²) >= 11 is 1.10. The van der Waals surface area contributed by atoms with E-state index in [0.717, 1.165) is 11.3 Å². The van der Waals surface area contributed by atoms with E-state index in [-0.39, 0.29) is 40.9 Å². The van der Waals surface area contributed by atoms with Gasteiger partial charge in [-0.1, -0.05) is 11.3 Å². The van der Waals surface area contributed by atoms with Gasteiger partial charge in [0.1, 0.15) is 5.01 Å². The van der Waals surface area contributed by atoms with Crippen LogP contribution >= 0.6 is 11.3 Å². The van der Waals surface area contributed by atoms with Crippen molar-refractivity contribution in [3.8, 4) is 10.6 Å². The zero-order valence-electron chi connectivity index (χ0n) is 17.4. The fourth-order valence-corrected chi connectivity index (χ4v) is 5.80. The molecule has 2 fully saturated rings. The van der Waals surface area contributed by atoms with Gasteiger partial charge in [0.15, 0.2) is 22.1 Å². The van der Waals surface area contributed by atoms with Crippen LogP contribution in [0.2, 0.25) is 0 Å². The van der Waals surface area contributed by atoms with Gasteiger partial charge in [0.05, 0.1) is 29.5 Å². The van der Waals surface area contributed by atoms with Crippen molar-refractivity contribution in [1.82, 2.24) is 20.8 Å². The van der Waals surface area contributed by atoms with Crippen LogP contribution in [0.5, 0.6) is 0 Å². The highest BCUT2D eigenvalue weighted by atomic mass is 32.1. The van der Waals surface area contributed by atoms with Crippen LogP contribution in [0.25, 0.3) is 10.6 Å². The highest BCUT2D eigenvalue weighted by Crippen LogP contribution is 2.49. The minimum absolute atomic E-state index is 0.0115. The molecule has 0 aliphatic carbocycles. The van der Waals surface area contributed by atoms with Crippen molar-refractivity contribution in [3.63, 3.8) is 0 Å². The standard InChI is InChI=1S/C20H19F2N5O4S/c1-7-6-27-14-10(4-11(12(21)13(14)22)16-26-25-9(3)32-16)5-20(15(27)8(2)31-7)17(28)23-19(30)24-18(20)29/h4,7-8,15H,5-6H2,1-3H3,(H2,23,24,28,29,30). The maximum atomic E-state index is 15.5. The number of nitrogens with one attached hydrogen (secondary N) is 2. The number of imide groups is 2. The zero-order chi connectivity index (χ0) is 22.9. The summed E-state index contributed by atoms with van der Waals surface area (Å²) in [4.78, 5) is 39.5. The first-order valence-electron chi connectivity index (χ1n) is 10.0. The molecule has 2 N–H and O–H groups in total. The molecule has 3 aliphatic heterocycles. The molecule has 3 unspecified atom stereocenters. The average molecular weight is 463 g/mol. The first-order chi connectivity index (χ1) is 15.1. The van der Waals surface area contributed by atoms with Crippen LogP contribution in [0.4, 0.5) is 19.3 Å². The van der Waals surface area contributed by atoms with Crippen LogP contribution in [0, 0.1) is 24.0 Å². The fraction of sp³-hybridized carbons (Fsp3) is 0.450. The van der Waals surface area contributed by atoms with E-state index >= 15 is 8.78 Å². The molecular weight excluding hydrogens is 444 g/mol. The molecule has 1 aromatic heterocycles. The average Bonchev–Trinajstić information content (AvgIpc) is 3.14. The van der Waals surface area contributed by atoms with Gasteiger partial charge >= 0.3 is 6.03 Å². The normalized spacial score (nSPS) is 26.5. The summed E-state index contributed by atoms with van der Waals surface area (Å²) in [6.45, 7) is 5.26. The number of nitrogens with zero attached hydrogens (tertiary/aromatic N) is 3. The molecule has 12 heteroatoms. The van der Waals surface area contributed by atoms with Gasteiger partial charge in [-0.05, 0) is 32.4 Å². The number of rotatable bonds is 1. The van der Waals surface area contributed by atoms with Gasteiger partial charge in [-0.25, -0.2) is 13.6 Å². The number of urea groups is 1. The van der Waals surface area contributed by atoms with Gasteiger partial charge < -0.3 is 9.64 Å². The lowest BCUT2D eigenvalue weighted by atomic mass is 9.66. The van der Waals surface area contributed by atoms with E-state index in [4.69, 9.17) is 4.74 Å². The highest BCUT2D eigenvalue weighted by molar-refractivity contribution is 7.14. The second-order valence-electron chi connectivity index (χ2n) is 8.32. The molecule has 2 aromatic rings. The quantitative estimate of drug-likeness (QED) is 0.619. The second-order valence-corrected chi connectivity index (χ2v) is 9.50. The Morgan fingerprint density at radius 3 is 2.47 bits per heavy atom. The Bertz CT molecular complexity index is 1160. The molecule has 4 amide bonds. The first-order valence-corrected chi connectivity index (χ1v) is 10.9. The van der Waals surface area contributed by atoms with E-state index in [1.165, 1.54) is 11.0 Å². The van der Waals surface area contributed by atoms with Crippen molar-refractivity contribution < 1.29 is 27.9 Å². The second kappa shape index (κ2) is 7.01. The predicted octanol–water partition coefficient (Wildman–Crippen LogP) is 1.68. The monoisotopic (exact) mass is 463 g/mol. The molecule has 2 saturated heterocycles. The molecule has 5 rings (SSSR count). The Kier molecular flexibility index (Phi) is 4.57. The molecule has 0 saturated carbocycles. The van der Waals surface area contributed by atoms with Crippen molar-refractivity contribution in [2.45, 2.75) is 45.4 Å². The first kappa shape index (κ1) is 20.9. The van der Waals surface area contributed by atoms with Gasteiger partial charge in [0.25, 0.3) is 0 Å². The Labute approximate surface area is 185 Å². The maximum Gasteiger partial charge on any atom is 0.328 e. The van der Waals surface area contributed by atoms with Crippen LogP contribution in [-0.2, 0) is 20.7 Å². The molecule has 3 atom stereocenters. The Morgan fingerprint density at radius 2 is 1.84 bits per heavy atom. The summed E-state index contributed by atoms with van der Waals surface area (Å²) in [6.07, 6.45) is -1.28. The molecule has 32 heavy (non-hydrogen) atoms. The summed E-state index contributed by atoms with van der Waals surface area (Å²) in [5.74, 6) is -3.75. The number of fused-ring (bicyclic) bond motifs is 4. The summed E-state index contributed by atoms with van der Waals surface area (Å²) in [6, 6.07) is -0.452. The van der Waals surface area contributed by atoms with E-state index in [2.05, 4.69) is 20.8 Å². The minimum atomic E-state index is -1.76. The lowest BCUT2D eigenvalue weighted by molar-refractivity contribution is -0.153. The number of barbiturate groups is 1. The number of carbonyl (C=O) groups is 3. The number of ether oxygens (including phenoxy) is 1. The van der Waals surface area contributed by atoms with E-state index in [1.807, 2.05) is 0 Å². The number of benzene rings is 1. The third-order valence-corrected chi connectivity index (χ3v) is 7.10. The van der Waals surface area contributed by atoms with Gasteiger partial charge in [-0.2, -0.15) is 0 Å². The Hall–Kier alpha value is -2.99. The number of halogens is 2. The topological polar surface area (TPSA) is 114 Å². The van der Waals surface area contributed by atoms with Crippen LogP contribution in [0.3, 0.4) is 0 Å². The number of hydrogen-bond acceptors (Lipinski definition) is 8. The maximum absolute atomic E-state index is 15.5. The number of morpholine rings is 1. The summed E-state index contributed by atoms with van der Waals surface area (Å²) in [5.41, 5.74) is -1.60. The third kappa shape index (κ3) is 2.78. The highest BCUT2D eigenvalue weighted by Gasteiger charge is 2.63. The van der Waals surface area contributed by atoms with Crippen LogP contribution < -0.4 is 15.5 Å². The SMILES string of the molecule is Cc1nnc(-c2cc3c(c(F)c2F)N2CC(C)OC(C)C2C2(C3)C(=O)NC(=O)NC2=O)s1. The van der Waals surface area contributed by atoms with E-state index in [9.17, 15) is 14.4 Å². The van der Waals surface area contributed by atoms with Crippen molar-refractivity contribution in [1.29, 1.82) is 0 Å². The summed E-state index contributed by atoms with van der Waals surface area (Å²) in [5, 5.41) is 12.9. The molecular formula is C20H19F2N5O4S. The Morgan fingerprint density at radius 1 is 1.16 bits per heavy atom. The molecule has 0 radical (unpaired) electrons. The van der Waals surface area contributed by atoms with Crippen molar-refractivity contribution in [2.24, 2.45) is 5.41 Å². The van der Waals surface area contributed by atoms with Gasteiger partial charge in [-0.3, -0.25) is 20.2 Å². The van der Waals surface area contributed by atoms with Crippen LogP contribution in [0.15, 0.2) is 6.07 Å². The van der Waals surface area contributed by atoms with Gasteiger partial charge in [0.2, 0.25) is 11.8 Å². The number of carbonyl (C=O) groups excluding carboxylic acids is 3. The number of aromatic nitrogens is 2. The van der Waals surface area contributed by atoms with Gasteiger partial charge in [-0.15, -0.1) is 10.2 Å². The lowest BCUT2D eigenvalue weighted by Crippen LogP contribution is -2.75. The summed E-state index contributed by atoms with van der Waals surface area (Å²) < 4.78 is 36.6. The minimum Gasteiger partial charge on any atom is -0.372 e. The lowest BCUT2D eigenvalue weighted by Gasteiger charge is -2.55. The molecule has 4 heterocycles. The molecule has 9 nitrogen and oxygen atoms in total. The van der Waals surface area contributed by atoms with Crippen molar-refractivity contribution in [2.75, 3.05) is 11.4 Å². The van der Waals surface area contributed by atoms with E-state index in [1.54, 1.807) is 20.8 Å². The largest absolute Gasteiger partial charge is 0.372 e. The van der Waals surface area contributed by atoms with Crippen LogP contribution in [-0.4, -0.2) is 52.8 Å². The molecule has 1 spiro atoms. The molecule has 0 bridgehead atoms. The smallest absolute Gasteiger partial charge is 0.328 e. The Balaban J connectivity index is 1.75. The fourth-order valence-electron chi connectivity index (χ4n) is 5.10. The van der Waals surface area contributed by atoms with Crippen molar-refractivity contribution in [3.05, 3.63) is 28.3 Å². The zero-order valence-corrected chi connectivity index (χ0v) is 18.2.